The van der Waals surface area contributed by atoms with Gasteiger partial charge in [-0.2, -0.15) is 0 Å². The first kappa shape index (κ1) is 15.3. The molecule has 0 aromatic rings. The minimum atomic E-state index is -2.86. The second-order valence-electron chi connectivity index (χ2n) is 5.43. The summed E-state index contributed by atoms with van der Waals surface area (Å²) in [5.41, 5.74) is 0. The topological polar surface area (TPSA) is 46.2 Å². The molecule has 1 N–H and O–H groups in total. The largest absolute Gasteiger partial charge is 0.317 e. The fraction of sp³-hybridized carbons (Fsp3) is 1.00. The molecule has 17 heavy (non-hydrogen) atoms. The molecule has 2 fully saturated rings. The van der Waals surface area contributed by atoms with E-state index in [0.29, 0.717) is 5.92 Å². The monoisotopic (exact) mass is 281 g/mol. The second-order valence-corrected chi connectivity index (χ2v) is 7.94. The Bertz CT molecular complexity index is 325. The summed E-state index contributed by atoms with van der Waals surface area (Å²) in [7, 11) is -2.86. The molecule has 1 aliphatic heterocycles. The van der Waals surface area contributed by atoms with E-state index in [9.17, 15) is 8.42 Å². The molecule has 2 unspecified atom stereocenters. The first-order chi connectivity index (χ1) is 7.60. The van der Waals surface area contributed by atoms with Crippen LogP contribution in [-0.4, -0.2) is 32.0 Å². The van der Waals surface area contributed by atoms with E-state index in [2.05, 4.69) is 12.2 Å². The van der Waals surface area contributed by atoms with Crippen molar-refractivity contribution in [3.63, 3.8) is 0 Å². The molecule has 1 aliphatic carbocycles. The summed E-state index contributed by atoms with van der Waals surface area (Å²) in [4.78, 5) is 0. The summed E-state index contributed by atoms with van der Waals surface area (Å²) in [5, 5.41) is 3.13. The highest BCUT2D eigenvalue weighted by molar-refractivity contribution is 7.92. The average Bonchev–Trinajstić information content (AvgIpc) is 2.30. The Hall–Kier alpha value is 0.200. The Morgan fingerprint density at radius 1 is 1.00 bits per heavy atom. The quantitative estimate of drug-likeness (QED) is 0.844. The van der Waals surface area contributed by atoms with Gasteiger partial charge in [-0.3, -0.25) is 0 Å². The van der Waals surface area contributed by atoms with Crippen molar-refractivity contribution < 1.29 is 8.42 Å². The van der Waals surface area contributed by atoms with Crippen molar-refractivity contribution in [1.29, 1.82) is 0 Å². The third-order valence-corrected chi connectivity index (χ3v) is 6.86. The van der Waals surface area contributed by atoms with Crippen LogP contribution >= 0.6 is 12.4 Å². The van der Waals surface area contributed by atoms with Crippen LogP contribution in [0, 0.1) is 5.92 Å². The molecule has 2 rings (SSSR count). The van der Waals surface area contributed by atoms with E-state index < -0.39 is 9.84 Å². The number of hydrogen-bond acceptors (Lipinski definition) is 3. The Morgan fingerprint density at radius 3 is 2.24 bits per heavy atom. The van der Waals surface area contributed by atoms with Gasteiger partial charge in [0.25, 0.3) is 0 Å². The molecular formula is C12H24ClNO2S. The first-order valence-corrected chi connectivity index (χ1v) is 8.15. The molecule has 1 saturated carbocycles. The Morgan fingerprint density at radius 2 is 1.65 bits per heavy atom. The maximum atomic E-state index is 12.5. The smallest absolute Gasteiger partial charge is 0.156 e. The van der Waals surface area contributed by atoms with Gasteiger partial charge in [0.1, 0.15) is 0 Å². The van der Waals surface area contributed by atoms with Crippen LogP contribution < -0.4 is 5.32 Å². The van der Waals surface area contributed by atoms with E-state index in [0.717, 1.165) is 45.2 Å². The van der Waals surface area contributed by atoms with Crippen molar-refractivity contribution in [2.24, 2.45) is 5.92 Å². The molecule has 3 nitrogen and oxygen atoms in total. The lowest BCUT2D eigenvalue weighted by molar-refractivity contribution is 0.376. The lowest BCUT2D eigenvalue weighted by atomic mass is 9.90. The highest BCUT2D eigenvalue weighted by Crippen LogP contribution is 2.32. The number of piperidine rings is 1. The van der Waals surface area contributed by atoms with Crippen molar-refractivity contribution in [1.82, 2.24) is 5.32 Å². The predicted octanol–water partition coefficient (Wildman–Crippen LogP) is 2.15. The van der Waals surface area contributed by atoms with Gasteiger partial charge in [-0.1, -0.05) is 19.8 Å². The molecule has 0 aromatic heterocycles. The zero-order valence-electron chi connectivity index (χ0n) is 10.5. The summed E-state index contributed by atoms with van der Waals surface area (Å²) < 4.78 is 24.9. The Balaban J connectivity index is 0.00000144. The number of sulfone groups is 1. The second kappa shape index (κ2) is 6.39. The maximum Gasteiger partial charge on any atom is 0.156 e. The summed E-state index contributed by atoms with van der Waals surface area (Å²) in [6.07, 6.45) is 5.72. The van der Waals surface area contributed by atoms with Crippen molar-refractivity contribution in [2.75, 3.05) is 13.1 Å². The third-order valence-electron chi connectivity index (χ3n) is 4.10. The molecule has 1 heterocycles. The van der Waals surface area contributed by atoms with Gasteiger partial charge >= 0.3 is 0 Å². The lowest BCUT2D eigenvalue weighted by Gasteiger charge is -2.31. The molecule has 0 spiro atoms. The predicted molar refractivity (Wildman–Crippen MR) is 73.5 cm³/mol. The molecule has 5 heteroatoms. The van der Waals surface area contributed by atoms with Gasteiger partial charge in [0.05, 0.1) is 10.5 Å². The van der Waals surface area contributed by atoms with Gasteiger partial charge in [0.15, 0.2) is 9.84 Å². The SMILES string of the molecule is CC1CCCC(S(=O)(=O)C2CCNCC2)C1.Cl. The van der Waals surface area contributed by atoms with E-state index in [1.54, 1.807) is 0 Å². The molecule has 0 amide bonds. The standard InChI is InChI=1S/C12H23NO2S.ClH/c1-10-3-2-4-12(9-10)16(14,15)11-5-7-13-8-6-11;/h10-13H,2-9H2,1H3;1H. The highest BCUT2D eigenvalue weighted by atomic mass is 35.5. The van der Waals surface area contributed by atoms with Crippen LogP contribution in [0.3, 0.4) is 0 Å². The van der Waals surface area contributed by atoms with E-state index in [-0.39, 0.29) is 22.9 Å². The van der Waals surface area contributed by atoms with Gasteiger partial charge < -0.3 is 5.32 Å². The van der Waals surface area contributed by atoms with Crippen molar-refractivity contribution in [2.45, 2.75) is 55.9 Å². The molecule has 0 radical (unpaired) electrons. The highest BCUT2D eigenvalue weighted by Gasteiger charge is 2.36. The van der Waals surface area contributed by atoms with Gasteiger partial charge in [0, 0.05) is 0 Å². The van der Waals surface area contributed by atoms with Crippen LogP contribution in [0.2, 0.25) is 0 Å². The summed E-state index contributed by atoms with van der Waals surface area (Å²) in [5.74, 6) is 0.593. The van der Waals surface area contributed by atoms with Crippen molar-refractivity contribution >= 4 is 22.2 Å². The zero-order valence-corrected chi connectivity index (χ0v) is 12.2. The number of halogens is 1. The van der Waals surface area contributed by atoms with E-state index in [4.69, 9.17) is 0 Å². The van der Waals surface area contributed by atoms with E-state index in [1.165, 1.54) is 6.42 Å². The zero-order chi connectivity index (χ0) is 11.6. The van der Waals surface area contributed by atoms with Gasteiger partial charge in [0.2, 0.25) is 0 Å². The van der Waals surface area contributed by atoms with Crippen LogP contribution in [0.15, 0.2) is 0 Å². The molecule has 102 valence electrons. The van der Waals surface area contributed by atoms with Crippen LogP contribution in [0.1, 0.15) is 45.4 Å². The minimum absolute atomic E-state index is 0. The fourth-order valence-electron chi connectivity index (χ4n) is 3.07. The Labute approximate surface area is 111 Å². The molecule has 2 atom stereocenters. The normalized spacial score (nSPS) is 31.8. The maximum absolute atomic E-state index is 12.5. The van der Waals surface area contributed by atoms with Crippen LogP contribution in [0.4, 0.5) is 0 Å². The summed E-state index contributed by atoms with van der Waals surface area (Å²) in [6, 6.07) is 0. The van der Waals surface area contributed by atoms with Crippen LogP contribution in [-0.2, 0) is 9.84 Å². The molecule has 1 saturated heterocycles. The van der Waals surface area contributed by atoms with Gasteiger partial charge in [-0.05, 0) is 44.7 Å². The average molecular weight is 282 g/mol. The van der Waals surface area contributed by atoms with Crippen molar-refractivity contribution in [3.8, 4) is 0 Å². The number of rotatable bonds is 2. The van der Waals surface area contributed by atoms with Gasteiger partial charge in [-0.25, -0.2) is 8.42 Å². The first-order valence-electron chi connectivity index (χ1n) is 6.54. The molecule has 0 bridgehead atoms. The molecule has 2 aliphatic rings. The molecule has 0 aromatic carbocycles. The van der Waals surface area contributed by atoms with Crippen molar-refractivity contribution in [3.05, 3.63) is 0 Å². The Kier molecular flexibility index (Phi) is 5.74. The number of hydrogen-bond donors (Lipinski definition) is 1. The van der Waals surface area contributed by atoms with Crippen LogP contribution in [0.5, 0.6) is 0 Å². The lowest BCUT2D eigenvalue weighted by Crippen LogP contribution is -2.41. The third kappa shape index (κ3) is 3.58. The summed E-state index contributed by atoms with van der Waals surface area (Å²) >= 11 is 0. The minimum Gasteiger partial charge on any atom is -0.317 e. The fourth-order valence-corrected chi connectivity index (χ4v) is 5.60. The van der Waals surface area contributed by atoms with E-state index >= 15 is 0 Å². The van der Waals surface area contributed by atoms with Crippen LogP contribution in [0.25, 0.3) is 0 Å². The summed E-state index contributed by atoms with van der Waals surface area (Å²) in [6.45, 7) is 3.92. The number of nitrogens with one attached hydrogen (secondary N) is 1. The van der Waals surface area contributed by atoms with E-state index in [1.807, 2.05) is 0 Å². The van der Waals surface area contributed by atoms with Gasteiger partial charge in [-0.15, -0.1) is 12.4 Å². The molecular weight excluding hydrogens is 258 g/mol.